The molecule has 0 aliphatic rings. The maximum absolute atomic E-state index is 11.7. The van der Waals surface area contributed by atoms with E-state index in [-0.39, 0.29) is 12.5 Å². The Kier molecular flexibility index (Phi) is 6.00. The molecule has 6 heteroatoms. The van der Waals surface area contributed by atoms with E-state index in [9.17, 15) is 4.79 Å². The third-order valence-electron chi connectivity index (χ3n) is 2.86. The normalized spacial score (nSPS) is 10.9. The summed E-state index contributed by atoms with van der Waals surface area (Å²) >= 11 is 2.06. The predicted octanol–water partition coefficient (Wildman–Crippen LogP) is 3.28. The van der Waals surface area contributed by atoms with Crippen molar-refractivity contribution in [3.8, 4) is 5.75 Å². The minimum Gasteiger partial charge on any atom is -0.484 e. The Balaban J connectivity index is 1.82. The van der Waals surface area contributed by atoms with Gasteiger partial charge in [-0.05, 0) is 71.3 Å². The highest BCUT2D eigenvalue weighted by atomic mass is 127. The molecule has 0 radical (unpaired) electrons. The van der Waals surface area contributed by atoms with Crippen LogP contribution in [-0.4, -0.2) is 18.7 Å². The van der Waals surface area contributed by atoms with Crippen LogP contribution in [0.25, 0.3) is 0 Å². The van der Waals surface area contributed by atoms with E-state index in [1.807, 2.05) is 25.1 Å². The quantitative estimate of drug-likeness (QED) is 0.450. The maximum atomic E-state index is 11.7. The summed E-state index contributed by atoms with van der Waals surface area (Å²) in [5.74, 6) is 0.950. The number of rotatable bonds is 6. The third kappa shape index (κ3) is 5.18. The largest absolute Gasteiger partial charge is 0.484 e. The van der Waals surface area contributed by atoms with Gasteiger partial charge in [-0.2, -0.15) is 5.10 Å². The summed E-state index contributed by atoms with van der Waals surface area (Å²) in [5.41, 5.74) is 4.69. The molecular weight excluding hydrogens is 395 g/mol. The van der Waals surface area contributed by atoms with E-state index in [2.05, 4.69) is 46.1 Å². The minimum absolute atomic E-state index is 0.0837. The van der Waals surface area contributed by atoms with Crippen LogP contribution in [0.2, 0.25) is 0 Å². The number of halogens is 1. The molecule has 1 aromatic carbocycles. The Morgan fingerprint density at radius 1 is 1.41 bits per heavy atom. The first-order valence-corrected chi connectivity index (χ1v) is 7.95. The molecule has 0 atom stereocenters. The average molecular weight is 412 g/mol. The number of aryl methyl sites for hydroxylation is 2. The number of carbonyl (C=O) groups is 1. The second-order valence-electron chi connectivity index (χ2n) is 4.73. The Morgan fingerprint density at radius 2 is 2.23 bits per heavy atom. The molecule has 0 aliphatic carbocycles. The number of furan rings is 1. The fourth-order valence-corrected chi connectivity index (χ4v) is 2.29. The number of hydrogen-bond donors (Lipinski definition) is 1. The highest BCUT2D eigenvalue weighted by Crippen LogP contribution is 2.17. The van der Waals surface area contributed by atoms with Gasteiger partial charge in [-0.3, -0.25) is 4.79 Å². The minimum atomic E-state index is -0.322. The fraction of sp³-hybridized carbons (Fsp3) is 0.250. The van der Waals surface area contributed by atoms with Crippen LogP contribution in [0.4, 0.5) is 0 Å². The fourth-order valence-electron chi connectivity index (χ4n) is 1.86. The summed E-state index contributed by atoms with van der Waals surface area (Å²) in [6, 6.07) is 9.53. The summed E-state index contributed by atoms with van der Waals surface area (Å²) in [7, 11) is 0. The summed E-state index contributed by atoms with van der Waals surface area (Å²) in [6.07, 6.45) is 2.37. The van der Waals surface area contributed by atoms with Crippen molar-refractivity contribution in [3.63, 3.8) is 0 Å². The van der Waals surface area contributed by atoms with Crippen molar-refractivity contribution in [1.82, 2.24) is 5.43 Å². The van der Waals surface area contributed by atoms with Crippen molar-refractivity contribution in [2.75, 3.05) is 6.61 Å². The van der Waals surface area contributed by atoms with Crippen molar-refractivity contribution in [2.24, 2.45) is 5.10 Å². The molecule has 0 fully saturated rings. The lowest BCUT2D eigenvalue weighted by Gasteiger charge is -2.08. The van der Waals surface area contributed by atoms with Gasteiger partial charge in [-0.25, -0.2) is 5.43 Å². The van der Waals surface area contributed by atoms with Gasteiger partial charge in [0.2, 0.25) is 0 Å². The monoisotopic (exact) mass is 412 g/mol. The first-order chi connectivity index (χ1) is 10.6. The molecule has 1 amide bonds. The lowest BCUT2D eigenvalue weighted by Crippen LogP contribution is -2.24. The van der Waals surface area contributed by atoms with E-state index >= 15 is 0 Å². The molecule has 5 nitrogen and oxygen atoms in total. The highest BCUT2D eigenvalue weighted by Gasteiger charge is 2.03. The molecule has 0 saturated carbocycles. The van der Waals surface area contributed by atoms with Crippen molar-refractivity contribution in [1.29, 1.82) is 0 Å². The molecule has 22 heavy (non-hydrogen) atoms. The highest BCUT2D eigenvalue weighted by molar-refractivity contribution is 14.1. The molecule has 0 bridgehead atoms. The van der Waals surface area contributed by atoms with E-state index in [0.29, 0.717) is 11.5 Å². The van der Waals surface area contributed by atoms with Crippen molar-refractivity contribution >= 4 is 34.7 Å². The van der Waals surface area contributed by atoms with E-state index in [4.69, 9.17) is 9.15 Å². The molecule has 116 valence electrons. The predicted molar refractivity (Wildman–Crippen MR) is 93.2 cm³/mol. The number of hydrogen-bond acceptors (Lipinski definition) is 4. The first kappa shape index (κ1) is 16.5. The SMILES string of the molecule is CCc1cc(C)cc(OCC(=O)N/N=C/c2ccc(I)o2)c1. The van der Waals surface area contributed by atoms with Gasteiger partial charge in [0.15, 0.2) is 10.4 Å². The molecule has 2 aromatic rings. The number of amides is 1. The average Bonchev–Trinajstić information content (AvgIpc) is 2.90. The van der Waals surface area contributed by atoms with Gasteiger partial charge in [-0.1, -0.05) is 13.0 Å². The van der Waals surface area contributed by atoms with E-state index < -0.39 is 0 Å². The molecule has 0 spiro atoms. The zero-order chi connectivity index (χ0) is 15.9. The topological polar surface area (TPSA) is 63.8 Å². The van der Waals surface area contributed by atoms with Crippen LogP contribution in [0, 0.1) is 10.7 Å². The van der Waals surface area contributed by atoms with Gasteiger partial charge >= 0.3 is 0 Å². The van der Waals surface area contributed by atoms with Crippen LogP contribution in [0.1, 0.15) is 23.8 Å². The van der Waals surface area contributed by atoms with Crippen LogP contribution in [-0.2, 0) is 11.2 Å². The number of nitrogens with one attached hydrogen (secondary N) is 1. The lowest BCUT2D eigenvalue weighted by atomic mass is 10.1. The van der Waals surface area contributed by atoms with E-state index in [1.54, 1.807) is 6.07 Å². The summed E-state index contributed by atoms with van der Waals surface area (Å²) in [4.78, 5) is 11.7. The van der Waals surface area contributed by atoms with Crippen molar-refractivity contribution in [3.05, 3.63) is 51.0 Å². The molecular formula is C16H17IN2O3. The summed E-state index contributed by atoms with van der Waals surface area (Å²) < 4.78 is 11.5. The van der Waals surface area contributed by atoms with Crippen LogP contribution in [0.5, 0.6) is 5.75 Å². The Bertz CT molecular complexity index is 680. The molecule has 0 aliphatic heterocycles. The van der Waals surface area contributed by atoms with Gasteiger partial charge in [0.25, 0.3) is 5.91 Å². The molecule has 0 saturated heterocycles. The Hall–Kier alpha value is -1.83. The Morgan fingerprint density at radius 3 is 2.91 bits per heavy atom. The van der Waals surface area contributed by atoms with E-state index in [0.717, 1.165) is 15.8 Å². The molecule has 2 rings (SSSR count). The lowest BCUT2D eigenvalue weighted by molar-refractivity contribution is -0.123. The Labute approximate surface area is 142 Å². The number of ether oxygens (including phenoxy) is 1. The van der Waals surface area contributed by atoms with Crippen LogP contribution < -0.4 is 10.2 Å². The zero-order valence-electron chi connectivity index (χ0n) is 12.4. The first-order valence-electron chi connectivity index (χ1n) is 6.87. The van der Waals surface area contributed by atoms with Gasteiger partial charge in [0, 0.05) is 0 Å². The van der Waals surface area contributed by atoms with Gasteiger partial charge in [0.05, 0.1) is 6.21 Å². The molecule has 0 unspecified atom stereocenters. The molecule has 1 N–H and O–H groups in total. The maximum Gasteiger partial charge on any atom is 0.277 e. The van der Waals surface area contributed by atoms with Gasteiger partial charge in [-0.15, -0.1) is 0 Å². The molecule has 1 heterocycles. The van der Waals surface area contributed by atoms with Gasteiger partial charge < -0.3 is 9.15 Å². The van der Waals surface area contributed by atoms with Crippen LogP contribution >= 0.6 is 22.6 Å². The smallest absolute Gasteiger partial charge is 0.277 e. The zero-order valence-corrected chi connectivity index (χ0v) is 14.6. The third-order valence-corrected chi connectivity index (χ3v) is 3.44. The van der Waals surface area contributed by atoms with Crippen LogP contribution in [0.15, 0.2) is 39.9 Å². The second kappa shape index (κ2) is 7.98. The van der Waals surface area contributed by atoms with Crippen molar-refractivity contribution < 1.29 is 13.9 Å². The van der Waals surface area contributed by atoms with Crippen molar-refractivity contribution in [2.45, 2.75) is 20.3 Å². The van der Waals surface area contributed by atoms with Gasteiger partial charge in [0.1, 0.15) is 11.5 Å². The summed E-state index contributed by atoms with van der Waals surface area (Å²) in [6.45, 7) is 4.00. The molecule has 1 aromatic heterocycles. The van der Waals surface area contributed by atoms with Crippen LogP contribution in [0.3, 0.4) is 0 Å². The standard InChI is InChI=1S/C16H17IN2O3/c1-3-12-6-11(2)7-14(8-12)21-10-16(20)19-18-9-13-4-5-15(17)22-13/h4-9H,3,10H2,1-2H3,(H,19,20)/b18-9+. The number of carbonyl (C=O) groups excluding carboxylic acids is 1. The van der Waals surface area contributed by atoms with E-state index in [1.165, 1.54) is 11.8 Å². The number of hydrazone groups is 1. The number of benzene rings is 1. The summed E-state index contributed by atoms with van der Waals surface area (Å²) in [5, 5.41) is 3.82. The second-order valence-corrected chi connectivity index (χ2v) is 5.79. The number of nitrogens with zero attached hydrogens (tertiary/aromatic N) is 1.